The van der Waals surface area contributed by atoms with Gasteiger partial charge in [0, 0.05) is 26.5 Å². The molecule has 0 heterocycles. The smallest absolute Gasteiger partial charge is 0.306 e. The number of nitrogens with one attached hydrogen (secondary N) is 1. The molecule has 0 fully saturated rings. The highest BCUT2D eigenvalue weighted by Gasteiger charge is 2.13. The van der Waals surface area contributed by atoms with E-state index in [1.165, 1.54) is 89.9 Å². The Bertz CT molecular complexity index is 502. The number of aliphatic hydroxyl groups is 1. The van der Waals surface area contributed by atoms with Gasteiger partial charge in [0.2, 0.25) is 5.91 Å². The first-order valence-electron chi connectivity index (χ1n) is 15.3. The third-order valence-electron chi connectivity index (χ3n) is 6.55. The summed E-state index contributed by atoms with van der Waals surface area (Å²) in [5.41, 5.74) is 0. The van der Waals surface area contributed by atoms with Crippen LogP contribution in [0.4, 0.5) is 0 Å². The van der Waals surface area contributed by atoms with Gasteiger partial charge in [0.05, 0.1) is 13.2 Å². The maximum Gasteiger partial charge on any atom is 0.306 e. The summed E-state index contributed by atoms with van der Waals surface area (Å²) in [6.07, 6.45) is 22.7. The molecule has 0 spiro atoms. The van der Waals surface area contributed by atoms with Crippen molar-refractivity contribution in [3.05, 3.63) is 0 Å². The van der Waals surface area contributed by atoms with Crippen LogP contribution in [0.25, 0.3) is 0 Å². The summed E-state index contributed by atoms with van der Waals surface area (Å²) in [5, 5.41) is 12.3. The van der Waals surface area contributed by atoms with E-state index in [0.29, 0.717) is 13.0 Å². The van der Waals surface area contributed by atoms with Crippen molar-refractivity contribution in [1.82, 2.24) is 5.32 Å². The van der Waals surface area contributed by atoms with Crippen LogP contribution in [0.3, 0.4) is 0 Å². The summed E-state index contributed by atoms with van der Waals surface area (Å²) in [7, 11) is 0. The molecule has 0 saturated heterocycles. The fourth-order valence-electron chi connectivity index (χ4n) is 4.25. The van der Waals surface area contributed by atoms with E-state index in [1.807, 2.05) is 0 Å². The molecule has 0 radical (unpaired) electrons. The molecule has 0 aromatic carbocycles. The second kappa shape index (κ2) is 29.4. The Hall–Kier alpha value is -1.18. The molecule has 0 aliphatic carbocycles. The summed E-state index contributed by atoms with van der Waals surface area (Å²) in [4.78, 5) is 22.8. The van der Waals surface area contributed by atoms with Crippen LogP contribution in [0.1, 0.15) is 142 Å². The highest BCUT2D eigenvalue weighted by atomic mass is 16.7. The van der Waals surface area contributed by atoms with Crippen LogP contribution in [0.15, 0.2) is 0 Å². The fraction of sp³-hybridized carbons (Fsp3) is 0.933. The van der Waals surface area contributed by atoms with E-state index in [1.54, 1.807) is 6.92 Å². The molecule has 0 rings (SSSR count). The van der Waals surface area contributed by atoms with Gasteiger partial charge in [0.15, 0.2) is 0 Å². The van der Waals surface area contributed by atoms with Crippen molar-refractivity contribution in [3.63, 3.8) is 0 Å². The number of unbranched alkanes of at least 4 members (excludes halogenated alkanes) is 17. The van der Waals surface area contributed by atoms with Crippen molar-refractivity contribution < 1.29 is 28.9 Å². The third kappa shape index (κ3) is 29.2. The summed E-state index contributed by atoms with van der Waals surface area (Å²) in [6.45, 7) is 5.33. The second-order valence-electron chi connectivity index (χ2n) is 10.3. The van der Waals surface area contributed by atoms with Gasteiger partial charge in [-0.25, -0.2) is 0 Å². The monoisotopic (exact) mass is 529 g/mol. The lowest BCUT2D eigenvalue weighted by atomic mass is 10.1. The summed E-state index contributed by atoms with van der Waals surface area (Å²) >= 11 is 0. The Balaban J connectivity index is 3.40. The zero-order valence-corrected chi connectivity index (χ0v) is 24.2. The van der Waals surface area contributed by atoms with E-state index in [4.69, 9.17) is 14.2 Å². The molecule has 7 nitrogen and oxygen atoms in total. The molecule has 37 heavy (non-hydrogen) atoms. The molecule has 7 heteroatoms. The number of ether oxygens (including phenoxy) is 3. The van der Waals surface area contributed by atoms with E-state index in [0.717, 1.165) is 38.6 Å². The molecule has 1 amide bonds. The van der Waals surface area contributed by atoms with Gasteiger partial charge in [-0.05, 0) is 19.3 Å². The molecule has 2 N–H and O–H groups in total. The Morgan fingerprint density at radius 3 is 1.76 bits per heavy atom. The van der Waals surface area contributed by atoms with Crippen LogP contribution in [-0.2, 0) is 23.8 Å². The van der Waals surface area contributed by atoms with Crippen molar-refractivity contribution >= 4 is 11.9 Å². The highest BCUT2D eigenvalue weighted by molar-refractivity contribution is 5.72. The minimum absolute atomic E-state index is 0.0559. The average molecular weight is 530 g/mol. The normalized spacial score (nSPS) is 12.0. The minimum Gasteiger partial charge on any atom is -0.457 e. The standard InChI is InChI=1S/C30H59NO6/c1-3-4-5-6-7-8-10-13-16-19-22-30(34)37-29(25-32)26-36-27-35-24-21-18-15-12-9-11-14-17-20-23-31-28(2)33/h29,32H,3-27H2,1-2H3,(H,31,33)/t29-/m0/s1. The number of carbonyl (C=O) groups is 2. The Kier molecular flexibility index (Phi) is 28.4. The number of carbonyl (C=O) groups excluding carboxylic acids is 2. The predicted molar refractivity (Wildman–Crippen MR) is 150 cm³/mol. The van der Waals surface area contributed by atoms with Crippen LogP contribution < -0.4 is 5.32 Å². The largest absolute Gasteiger partial charge is 0.457 e. The van der Waals surface area contributed by atoms with Gasteiger partial charge >= 0.3 is 5.97 Å². The number of aliphatic hydroxyl groups excluding tert-OH is 1. The first-order valence-corrected chi connectivity index (χ1v) is 15.3. The maximum absolute atomic E-state index is 12.0. The zero-order valence-electron chi connectivity index (χ0n) is 24.2. The van der Waals surface area contributed by atoms with Crippen molar-refractivity contribution in [2.45, 2.75) is 148 Å². The van der Waals surface area contributed by atoms with Gasteiger partial charge in [0.25, 0.3) is 0 Å². The van der Waals surface area contributed by atoms with E-state index in [-0.39, 0.29) is 31.9 Å². The van der Waals surface area contributed by atoms with Crippen LogP contribution >= 0.6 is 0 Å². The molecule has 1 atom stereocenters. The van der Waals surface area contributed by atoms with E-state index in [2.05, 4.69) is 12.2 Å². The Labute approximate surface area is 227 Å². The maximum atomic E-state index is 12.0. The van der Waals surface area contributed by atoms with Crippen LogP contribution in [0, 0.1) is 0 Å². The van der Waals surface area contributed by atoms with Gasteiger partial charge < -0.3 is 24.6 Å². The minimum atomic E-state index is -0.621. The second-order valence-corrected chi connectivity index (χ2v) is 10.3. The number of rotatable bonds is 29. The first kappa shape index (κ1) is 35.8. The van der Waals surface area contributed by atoms with Gasteiger partial charge in [-0.2, -0.15) is 0 Å². The average Bonchev–Trinajstić information content (AvgIpc) is 2.88. The quantitative estimate of drug-likeness (QED) is 0.0626. The van der Waals surface area contributed by atoms with Gasteiger partial charge in [-0.15, -0.1) is 0 Å². The molecule has 0 saturated carbocycles. The van der Waals surface area contributed by atoms with E-state index < -0.39 is 6.10 Å². The SMILES string of the molecule is CCCCCCCCCCCCC(=O)O[C@@H](CO)COCOCCCCCCCCCCCNC(C)=O. The van der Waals surface area contributed by atoms with Crippen LogP contribution in [0.5, 0.6) is 0 Å². The van der Waals surface area contributed by atoms with Crippen molar-refractivity contribution in [2.24, 2.45) is 0 Å². The molecular weight excluding hydrogens is 470 g/mol. The molecule has 0 unspecified atom stereocenters. The lowest BCUT2D eigenvalue weighted by molar-refractivity contribution is -0.159. The lowest BCUT2D eigenvalue weighted by Crippen LogP contribution is -2.27. The van der Waals surface area contributed by atoms with Crippen molar-refractivity contribution in [1.29, 1.82) is 0 Å². The summed E-state index contributed by atoms with van der Waals surface area (Å²) < 4.78 is 16.2. The number of hydrogen-bond donors (Lipinski definition) is 2. The van der Waals surface area contributed by atoms with Crippen molar-refractivity contribution in [2.75, 3.05) is 33.2 Å². The number of amides is 1. The molecule has 0 aliphatic heterocycles. The van der Waals surface area contributed by atoms with Gasteiger partial charge in [0.1, 0.15) is 12.9 Å². The summed E-state index contributed by atoms with van der Waals surface area (Å²) in [5.74, 6) is -0.200. The third-order valence-corrected chi connectivity index (χ3v) is 6.55. The zero-order chi connectivity index (χ0) is 27.2. The first-order chi connectivity index (χ1) is 18.1. The van der Waals surface area contributed by atoms with Crippen LogP contribution in [-0.4, -0.2) is 56.2 Å². The number of hydrogen-bond acceptors (Lipinski definition) is 6. The predicted octanol–water partition coefficient (Wildman–Crippen LogP) is 6.84. The molecule has 0 bridgehead atoms. The van der Waals surface area contributed by atoms with E-state index in [9.17, 15) is 14.7 Å². The lowest BCUT2D eigenvalue weighted by Gasteiger charge is -2.16. The molecule has 0 aromatic rings. The molecule has 0 aliphatic rings. The Morgan fingerprint density at radius 1 is 0.703 bits per heavy atom. The van der Waals surface area contributed by atoms with Crippen molar-refractivity contribution in [3.8, 4) is 0 Å². The van der Waals surface area contributed by atoms with Gasteiger partial charge in [-0.1, -0.05) is 110 Å². The molecule has 0 aromatic heterocycles. The fourth-order valence-corrected chi connectivity index (χ4v) is 4.25. The van der Waals surface area contributed by atoms with E-state index >= 15 is 0 Å². The molecule has 220 valence electrons. The molecular formula is C30H59NO6. The highest BCUT2D eigenvalue weighted by Crippen LogP contribution is 2.12. The summed E-state index contributed by atoms with van der Waals surface area (Å²) in [6, 6.07) is 0. The topological polar surface area (TPSA) is 94.1 Å². The number of esters is 1. The Morgan fingerprint density at radius 2 is 1.22 bits per heavy atom. The van der Waals surface area contributed by atoms with Gasteiger partial charge in [-0.3, -0.25) is 9.59 Å². The van der Waals surface area contributed by atoms with Crippen LogP contribution in [0.2, 0.25) is 0 Å².